The largest absolute Gasteiger partial charge is 0.307 e. The summed E-state index contributed by atoms with van der Waals surface area (Å²) in [7, 11) is 0. The first-order valence-electron chi connectivity index (χ1n) is 4.78. The van der Waals surface area contributed by atoms with Crippen LogP contribution in [0.3, 0.4) is 0 Å². The summed E-state index contributed by atoms with van der Waals surface area (Å²) in [6, 6.07) is 0.0367. The molecule has 14 heavy (non-hydrogen) atoms. The maximum Gasteiger partial charge on any atom is 0.181 e. The molecule has 1 saturated heterocycles. The number of halogens is 1. The van der Waals surface area contributed by atoms with Crippen LogP contribution in [-0.2, 0) is 0 Å². The van der Waals surface area contributed by atoms with Gasteiger partial charge in [-0.1, -0.05) is 6.42 Å². The Morgan fingerprint density at radius 1 is 1.50 bits per heavy atom. The Bertz CT molecular complexity index is 331. The summed E-state index contributed by atoms with van der Waals surface area (Å²) in [6.45, 7) is 0.970. The van der Waals surface area contributed by atoms with E-state index in [1.54, 1.807) is 11.3 Å². The molecule has 0 radical (unpaired) electrons. The second-order valence-corrected chi connectivity index (χ2v) is 5.10. The van der Waals surface area contributed by atoms with Crippen molar-refractivity contribution >= 4 is 33.0 Å². The number of thiophene rings is 1. The lowest BCUT2D eigenvalue weighted by Gasteiger charge is -2.21. The standard InChI is InChI=1S/C10H12BrNOS/c11-8-6-14-5-7(8)10(13)9-3-1-2-4-12-9/h5-6,9,12H,1-4H2. The van der Waals surface area contributed by atoms with Crippen LogP contribution in [-0.4, -0.2) is 18.4 Å². The van der Waals surface area contributed by atoms with Gasteiger partial charge in [-0.05, 0) is 35.3 Å². The summed E-state index contributed by atoms with van der Waals surface area (Å²) in [6.07, 6.45) is 3.32. The van der Waals surface area contributed by atoms with Crippen molar-refractivity contribution < 1.29 is 4.79 Å². The SMILES string of the molecule is O=C(c1cscc1Br)C1CCCCN1. The average Bonchev–Trinajstić information content (AvgIpc) is 2.65. The number of rotatable bonds is 2. The van der Waals surface area contributed by atoms with E-state index in [1.165, 1.54) is 6.42 Å². The molecular formula is C10H12BrNOS. The van der Waals surface area contributed by atoms with E-state index in [9.17, 15) is 4.79 Å². The number of piperidine rings is 1. The van der Waals surface area contributed by atoms with Crippen LogP contribution in [0.15, 0.2) is 15.2 Å². The molecule has 1 aromatic rings. The third kappa shape index (κ3) is 2.07. The molecule has 4 heteroatoms. The van der Waals surface area contributed by atoms with Gasteiger partial charge in [-0.3, -0.25) is 4.79 Å². The summed E-state index contributed by atoms with van der Waals surface area (Å²) in [5, 5.41) is 7.14. The molecule has 0 aliphatic carbocycles. The number of nitrogens with one attached hydrogen (secondary N) is 1. The van der Waals surface area contributed by atoms with Gasteiger partial charge in [0.15, 0.2) is 5.78 Å². The number of hydrogen-bond acceptors (Lipinski definition) is 3. The fraction of sp³-hybridized carbons (Fsp3) is 0.500. The Morgan fingerprint density at radius 3 is 2.93 bits per heavy atom. The molecule has 0 bridgehead atoms. The summed E-state index contributed by atoms with van der Waals surface area (Å²) in [5.74, 6) is 0.234. The molecule has 0 saturated carbocycles. The highest BCUT2D eigenvalue weighted by atomic mass is 79.9. The van der Waals surface area contributed by atoms with Crippen LogP contribution in [0, 0.1) is 0 Å². The van der Waals surface area contributed by atoms with Crippen molar-refractivity contribution in [2.45, 2.75) is 25.3 Å². The second kappa shape index (κ2) is 4.55. The molecule has 2 rings (SSSR count). The Labute approximate surface area is 95.8 Å². The van der Waals surface area contributed by atoms with E-state index in [0.29, 0.717) is 0 Å². The molecule has 1 atom stereocenters. The van der Waals surface area contributed by atoms with Crippen LogP contribution in [0.25, 0.3) is 0 Å². The lowest BCUT2D eigenvalue weighted by molar-refractivity contribution is 0.0927. The zero-order valence-electron chi connectivity index (χ0n) is 7.75. The molecule has 1 aliphatic heterocycles. The minimum Gasteiger partial charge on any atom is -0.307 e. The van der Waals surface area contributed by atoms with Crippen molar-refractivity contribution in [2.24, 2.45) is 0 Å². The van der Waals surface area contributed by atoms with Gasteiger partial charge in [0.05, 0.1) is 6.04 Å². The van der Waals surface area contributed by atoms with Crippen molar-refractivity contribution in [3.05, 3.63) is 20.8 Å². The van der Waals surface area contributed by atoms with Crippen LogP contribution in [0.2, 0.25) is 0 Å². The van der Waals surface area contributed by atoms with Gasteiger partial charge >= 0.3 is 0 Å². The van der Waals surface area contributed by atoms with Gasteiger partial charge in [-0.15, -0.1) is 0 Å². The minimum atomic E-state index is 0.0367. The fourth-order valence-corrected chi connectivity index (χ4v) is 3.20. The first-order chi connectivity index (χ1) is 6.79. The van der Waals surface area contributed by atoms with Crippen LogP contribution >= 0.6 is 27.3 Å². The first kappa shape index (κ1) is 10.3. The normalized spacial score (nSPS) is 22.2. The molecule has 1 unspecified atom stereocenters. The summed E-state index contributed by atoms with van der Waals surface area (Å²) in [5.41, 5.74) is 0.828. The number of ketones is 1. The van der Waals surface area contributed by atoms with E-state index in [1.807, 2.05) is 10.8 Å². The average molecular weight is 274 g/mol. The number of hydrogen-bond donors (Lipinski definition) is 1. The van der Waals surface area contributed by atoms with Crippen LogP contribution in [0.4, 0.5) is 0 Å². The maximum atomic E-state index is 12.0. The molecule has 1 N–H and O–H groups in total. The molecule has 1 aromatic heterocycles. The number of Topliss-reactive ketones (excluding diaryl/α,β-unsaturated/α-hetero) is 1. The quantitative estimate of drug-likeness (QED) is 0.840. The van der Waals surface area contributed by atoms with Crippen molar-refractivity contribution in [3.63, 3.8) is 0 Å². The van der Waals surface area contributed by atoms with E-state index in [4.69, 9.17) is 0 Å². The van der Waals surface area contributed by atoms with E-state index in [0.717, 1.165) is 29.4 Å². The number of carbonyl (C=O) groups is 1. The van der Waals surface area contributed by atoms with Gasteiger partial charge in [-0.2, -0.15) is 11.3 Å². The van der Waals surface area contributed by atoms with Crippen molar-refractivity contribution in [1.82, 2.24) is 5.32 Å². The third-order valence-corrected chi connectivity index (χ3v) is 4.21. The smallest absolute Gasteiger partial charge is 0.181 e. The predicted octanol–water partition coefficient (Wildman–Crippen LogP) is 2.84. The topological polar surface area (TPSA) is 29.1 Å². The highest BCUT2D eigenvalue weighted by molar-refractivity contribution is 9.10. The zero-order chi connectivity index (χ0) is 9.97. The molecule has 0 spiro atoms. The molecule has 2 heterocycles. The molecule has 0 aromatic carbocycles. The first-order valence-corrected chi connectivity index (χ1v) is 6.52. The van der Waals surface area contributed by atoms with E-state index in [2.05, 4.69) is 21.2 Å². The molecule has 76 valence electrons. The van der Waals surface area contributed by atoms with Gasteiger partial charge in [-0.25, -0.2) is 0 Å². The summed E-state index contributed by atoms with van der Waals surface area (Å²) < 4.78 is 0.930. The Kier molecular flexibility index (Phi) is 3.36. The zero-order valence-corrected chi connectivity index (χ0v) is 10.2. The van der Waals surface area contributed by atoms with Gasteiger partial charge in [0.2, 0.25) is 0 Å². The Balaban J connectivity index is 2.11. The molecule has 1 aliphatic rings. The van der Waals surface area contributed by atoms with Gasteiger partial charge in [0, 0.05) is 20.8 Å². The van der Waals surface area contributed by atoms with Crippen LogP contribution in [0.1, 0.15) is 29.6 Å². The third-order valence-electron chi connectivity index (χ3n) is 2.51. The summed E-state index contributed by atoms with van der Waals surface area (Å²) >= 11 is 4.96. The van der Waals surface area contributed by atoms with E-state index in [-0.39, 0.29) is 11.8 Å². The van der Waals surface area contributed by atoms with Crippen LogP contribution in [0.5, 0.6) is 0 Å². The Morgan fingerprint density at radius 2 is 2.36 bits per heavy atom. The van der Waals surface area contributed by atoms with Crippen molar-refractivity contribution in [3.8, 4) is 0 Å². The van der Waals surface area contributed by atoms with E-state index >= 15 is 0 Å². The highest BCUT2D eigenvalue weighted by Gasteiger charge is 2.23. The van der Waals surface area contributed by atoms with Gasteiger partial charge in [0.1, 0.15) is 0 Å². The van der Waals surface area contributed by atoms with Gasteiger partial charge in [0.25, 0.3) is 0 Å². The highest BCUT2D eigenvalue weighted by Crippen LogP contribution is 2.24. The van der Waals surface area contributed by atoms with Crippen LogP contribution < -0.4 is 5.32 Å². The predicted molar refractivity (Wildman–Crippen MR) is 62.0 cm³/mol. The van der Waals surface area contributed by atoms with Gasteiger partial charge < -0.3 is 5.32 Å². The summed E-state index contributed by atoms with van der Waals surface area (Å²) in [4.78, 5) is 12.0. The molecule has 1 fully saturated rings. The van der Waals surface area contributed by atoms with Crippen molar-refractivity contribution in [2.75, 3.05) is 6.54 Å². The molecular weight excluding hydrogens is 262 g/mol. The second-order valence-electron chi connectivity index (χ2n) is 3.50. The molecule has 2 nitrogen and oxygen atoms in total. The van der Waals surface area contributed by atoms with Crippen molar-refractivity contribution in [1.29, 1.82) is 0 Å². The minimum absolute atomic E-state index is 0.0367. The Hall–Kier alpha value is -0.190. The number of carbonyl (C=O) groups excluding carboxylic acids is 1. The maximum absolute atomic E-state index is 12.0. The monoisotopic (exact) mass is 273 g/mol. The fourth-order valence-electron chi connectivity index (χ4n) is 1.72. The lowest BCUT2D eigenvalue weighted by atomic mass is 9.98. The lowest BCUT2D eigenvalue weighted by Crippen LogP contribution is -2.40. The van der Waals surface area contributed by atoms with E-state index < -0.39 is 0 Å². The molecule has 0 amide bonds.